The molecule has 7 nitrogen and oxygen atoms in total. The Hall–Kier alpha value is -4.78. The zero-order chi connectivity index (χ0) is 32.6. The molecule has 3 aromatic heterocycles. The van der Waals surface area contributed by atoms with Crippen molar-refractivity contribution >= 4 is 44.6 Å². The number of hydrogen-bond acceptors (Lipinski definition) is 3. The molecule has 6 aromatic rings. The van der Waals surface area contributed by atoms with Gasteiger partial charge in [0.15, 0.2) is 0 Å². The standard InChI is InChI=1S/C40H46N4O3/c1-3-4-5-6-7-8-9-16-23-47-38(45)37(24-28-25-41-34-20-13-10-17-29(28)34)44-39(46)40(2,32-26-42-35-21-14-11-18-30(32)35)33-27-43-36-22-15-12-19-31(33)36/h10-15,17-22,25-27,37,41-43H,3-9,16,23-24H2,1-2H3,(H,44,46)/t37-/m0/s1. The molecule has 0 unspecified atom stereocenters. The minimum atomic E-state index is -1.13. The Morgan fingerprint density at radius 1 is 0.681 bits per heavy atom. The van der Waals surface area contributed by atoms with Crippen molar-refractivity contribution in [1.29, 1.82) is 0 Å². The lowest BCUT2D eigenvalue weighted by Gasteiger charge is -2.30. The van der Waals surface area contributed by atoms with Crippen LogP contribution in [-0.4, -0.2) is 39.5 Å². The number of amides is 1. The van der Waals surface area contributed by atoms with E-state index in [1.807, 2.05) is 98.3 Å². The number of aromatic amines is 3. The summed E-state index contributed by atoms with van der Waals surface area (Å²) in [5, 5.41) is 6.14. The van der Waals surface area contributed by atoms with Crippen LogP contribution in [0.5, 0.6) is 0 Å². The topological polar surface area (TPSA) is 103 Å². The van der Waals surface area contributed by atoms with Crippen molar-refractivity contribution < 1.29 is 14.3 Å². The molecule has 0 aliphatic carbocycles. The molecule has 1 atom stereocenters. The highest BCUT2D eigenvalue weighted by Gasteiger charge is 2.42. The summed E-state index contributed by atoms with van der Waals surface area (Å²) in [6.45, 7) is 4.52. The molecule has 0 saturated heterocycles. The summed E-state index contributed by atoms with van der Waals surface area (Å²) in [5.74, 6) is -0.673. The van der Waals surface area contributed by atoms with Crippen LogP contribution in [0.2, 0.25) is 0 Å². The number of rotatable bonds is 16. The van der Waals surface area contributed by atoms with Gasteiger partial charge in [0.2, 0.25) is 5.91 Å². The van der Waals surface area contributed by atoms with E-state index < -0.39 is 17.4 Å². The molecule has 47 heavy (non-hydrogen) atoms. The van der Waals surface area contributed by atoms with Gasteiger partial charge in [0.1, 0.15) is 11.5 Å². The maximum Gasteiger partial charge on any atom is 0.328 e. The van der Waals surface area contributed by atoms with Crippen molar-refractivity contribution in [2.24, 2.45) is 0 Å². The predicted octanol–water partition coefficient (Wildman–Crippen LogP) is 8.85. The molecule has 7 heteroatoms. The quantitative estimate of drug-likeness (QED) is 0.0635. The Morgan fingerprint density at radius 3 is 1.77 bits per heavy atom. The van der Waals surface area contributed by atoms with Crippen LogP contribution < -0.4 is 5.32 Å². The van der Waals surface area contributed by atoms with Crippen LogP contribution in [0, 0.1) is 0 Å². The van der Waals surface area contributed by atoms with Crippen LogP contribution in [0.4, 0.5) is 0 Å². The Kier molecular flexibility index (Phi) is 10.1. The summed E-state index contributed by atoms with van der Waals surface area (Å²) in [7, 11) is 0. The van der Waals surface area contributed by atoms with Crippen molar-refractivity contribution in [3.63, 3.8) is 0 Å². The summed E-state index contributed by atoms with van der Waals surface area (Å²) in [6.07, 6.45) is 15.4. The number of hydrogen-bond donors (Lipinski definition) is 4. The Balaban J connectivity index is 1.28. The maximum atomic E-state index is 14.8. The van der Waals surface area contributed by atoms with Crippen LogP contribution in [-0.2, 0) is 26.2 Å². The number of aromatic nitrogens is 3. The molecule has 3 aromatic carbocycles. The second kappa shape index (κ2) is 14.8. The second-order valence-electron chi connectivity index (χ2n) is 12.9. The van der Waals surface area contributed by atoms with Crippen molar-refractivity contribution in [1.82, 2.24) is 20.3 Å². The Bertz CT molecular complexity index is 1870. The molecule has 244 valence electrons. The summed E-state index contributed by atoms with van der Waals surface area (Å²) in [6, 6.07) is 23.1. The molecule has 3 heterocycles. The van der Waals surface area contributed by atoms with Gasteiger partial charge in [0.05, 0.1) is 6.61 Å². The summed E-state index contributed by atoms with van der Waals surface area (Å²) < 4.78 is 5.87. The third kappa shape index (κ3) is 6.85. The fourth-order valence-corrected chi connectivity index (χ4v) is 6.89. The first kappa shape index (κ1) is 32.2. The fraction of sp³-hybridized carbons (Fsp3) is 0.350. The van der Waals surface area contributed by atoms with E-state index in [4.69, 9.17) is 4.74 Å². The molecule has 4 N–H and O–H groups in total. The van der Waals surface area contributed by atoms with Crippen molar-refractivity contribution in [3.05, 3.63) is 108 Å². The number of unbranched alkanes of at least 4 members (excludes halogenated alkanes) is 7. The Labute approximate surface area is 276 Å². The number of para-hydroxylation sites is 3. The van der Waals surface area contributed by atoms with Crippen molar-refractivity contribution in [2.45, 2.75) is 83.1 Å². The predicted molar refractivity (Wildman–Crippen MR) is 191 cm³/mol. The van der Waals surface area contributed by atoms with Gasteiger partial charge < -0.3 is 25.0 Å². The number of carbonyl (C=O) groups excluding carboxylic acids is 2. The van der Waals surface area contributed by atoms with Gasteiger partial charge in [-0.3, -0.25) is 4.79 Å². The van der Waals surface area contributed by atoms with Gasteiger partial charge >= 0.3 is 5.97 Å². The van der Waals surface area contributed by atoms with E-state index in [9.17, 15) is 9.59 Å². The summed E-state index contributed by atoms with van der Waals surface area (Å²) in [4.78, 5) is 38.7. The van der Waals surface area contributed by atoms with Gasteiger partial charge in [-0.25, -0.2) is 4.79 Å². The van der Waals surface area contributed by atoms with Gasteiger partial charge in [-0.05, 0) is 48.2 Å². The number of ether oxygens (including phenoxy) is 1. The first-order valence-corrected chi connectivity index (χ1v) is 17.2. The van der Waals surface area contributed by atoms with Gasteiger partial charge in [-0.2, -0.15) is 0 Å². The highest BCUT2D eigenvalue weighted by atomic mass is 16.5. The van der Waals surface area contributed by atoms with E-state index in [0.717, 1.165) is 68.7 Å². The minimum Gasteiger partial charge on any atom is -0.464 e. The molecule has 0 saturated carbocycles. The molecule has 1 amide bonds. The lowest BCUT2D eigenvalue weighted by Crippen LogP contribution is -2.51. The van der Waals surface area contributed by atoms with Crippen LogP contribution in [0.25, 0.3) is 32.7 Å². The maximum absolute atomic E-state index is 14.8. The zero-order valence-electron chi connectivity index (χ0n) is 27.5. The van der Waals surface area contributed by atoms with E-state index in [0.29, 0.717) is 13.0 Å². The largest absolute Gasteiger partial charge is 0.464 e. The van der Waals surface area contributed by atoms with Crippen LogP contribution in [0.1, 0.15) is 81.9 Å². The Morgan fingerprint density at radius 2 is 1.17 bits per heavy atom. The van der Waals surface area contributed by atoms with E-state index in [1.54, 1.807) is 0 Å². The molecule has 0 radical (unpaired) electrons. The minimum absolute atomic E-state index is 0.263. The third-order valence-corrected chi connectivity index (χ3v) is 9.64. The fourth-order valence-electron chi connectivity index (χ4n) is 6.89. The molecule has 0 aliphatic rings. The van der Waals surface area contributed by atoms with Gasteiger partial charge in [0, 0.05) is 57.7 Å². The smallest absolute Gasteiger partial charge is 0.328 e. The SMILES string of the molecule is CCCCCCCCCCOC(=O)[C@H](Cc1c[nH]c2ccccc12)NC(=O)C(C)(c1c[nH]c2ccccc12)c1c[nH]c2ccccc12. The average Bonchev–Trinajstić information content (AvgIpc) is 3.84. The lowest BCUT2D eigenvalue weighted by molar-refractivity contribution is -0.148. The molecule has 0 spiro atoms. The monoisotopic (exact) mass is 630 g/mol. The lowest BCUT2D eigenvalue weighted by atomic mass is 9.75. The number of nitrogens with one attached hydrogen (secondary N) is 4. The number of esters is 1. The van der Waals surface area contributed by atoms with Crippen LogP contribution in [0.3, 0.4) is 0 Å². The van der Waals surface area contributed by atoms with E-state index in [-0.39, 0.29) is 5.91 Å². The van der Waals surface area contributed by atoms with Crippen LogP contribution >= 0.6 is 0 Å². The van der Waals surface area contributed by atoms with Gasteiger partial charge in [0.25, 0.3) is 0 Å². The normalized spacial score (nSPS) is 12.6. The summed E-state index contributed by atoms with van der Waals surface area (Å²) >= 11 is 0. The average molecular weight is 631 g/mol. The number of benzene rings is 3. The van der Waals surface area contributed by atoms with E-state index >= 15 is 0 Å². The zero-order valence-corrected chi connectivity index (χ0v) is 27.5. The molecule has 0 aliphatic heterocycles. The van der Waals surface area contributed by atoms with E-state index in [2.05, 4.69) is 27.2 Å². The van der Waals surface area contributed by atoms with Gasteiger partial charge in [-0.15, -0.1) is 0 Å². The molecule has 6 rings (SSSR count). The van der Waals surface area contributed by atoms with Crippen molar-refractivity contribution in [3.8, 4) is 0 Å². The number of fused-ring (bicyclic) bond motifs is 3. The molecule has 0 bridgehead atoms. The van der Waals surface area contributed by atoms with Gasteiger partial charge in [-0.1, -0.05) is 106 Å². The van der Waals surface area contributed by atoms with Crippen molar-refractivity contribution in [2.75, 3.05) is 6.61 Å². The third-order valence-electron chi connectivity index (χ3n) is 9.64. The summed E-state index contributed by atoms with van der Waals surface area (Å²) in [5.41, 5.74) is 4.39. The highest BCUT2D eigenvalue weighted by Crippen LogP contribution is 2.40. The molecule has 0 fully saturated rings. The second-order valence-corrected chi connectivity index (χ2v) is 12.9. The first-order valence-electron chi connectivity index (χ1n) is 17.2. The van der Waals surface area contributed by atoms with Crippen LogP contribution in [0.15, 0.2) is 91.4 Å². The first-order chi connectivity index (χ1) is 23.0. The van der Waals surface area contributed by atoms with E-state index in [1.165, 1.54) is 32.1 Å². The highest BCUT2D eigenvalue weighted by molar-refractivity contribution is 6.03. The number of H-pyrrole nitrogens is 3. The molecular formula is C40H46N4O3. The molecular weight excluding hydrogens is 584 g/mol. The number of carbonyl (C=O) groups is 2.